The first-order chi connectivity index (χ1) is 8.33. The third kappa shape index (κ3) is 2.86. The van der Waals surface area contributed by atoms with Crippen molar-refractivity contribution in [2.75, 3.05) is 13.1 Å². The third-order valence-corrected chi connectivity index (χ3v) is 3.21. The molecule has 0 spiro atoms. The summed E-state index contributed by atoms with van der Waals surface area (Å²) in [5.74, 6) is 0.0819. The van der Waals surface area contributed by atoms with Crippen LogP contribution in [0.25, 0.3) is 0 Å². The van der Waals surface area contributed by atoms with Gasteiger partial charge in [-0.1, -0.05) is 30.3 Å². The van der Waals surface area contributed by atoms with E-state index >= 15 is 0 Å². The molecule has 2 radical (unpaired) electrons. The Morgan fingerprint density at radius 1 is 1.18 bits per heavy atom. The minimum absolute atomic E-state index is 0.0819. The number of likely N-dealkylation sites (tertiary alicyclic amines) is 1. The highest BCUT2D eigenvalue weighted by Crippen LogP contribution is 2.18. The molecule has 1 heterocycles. The standard InChI is InChI=1S/C14H18N2O/c1-15-13(12-8-4-2-5-9-12)14(17)16-10-6-3-7-11-16/h1-2,4-5,8-9,13,15H,3,6-7,10-11H2/t13-/m0/s1. The summed E-state index contributed by atoms with van der Waals surface area (Å²) in [5.41, 5.74) is 0.922. The molecule has 0 aliphatic carbocycles. The van der Waals surface area contributed by atoms with E-state index in [1.807, 2.05) is 35.2 Å². The highest BCUT2D eigenvalue weighted by molar-refractivity contribution is 5.83. The van der Waals surface area contributed by atoms with Gasteiger partial charge in [0.25, 0.3) is 0 Å². The number of carbonyl (C=O) groups excluding carboxylic acids is 1. The van der Waals surface area contributed by atoms with Crippen molar-refractivity contribution in [3.63, 3.8) is 0 Å². The van der Waals surface area contributed by atoms with Gasteiger partial charge in [-0.2, -0.15) is 0 Å². The van der Waals surface area contributed by atoms with Crippen molar-refractivity contribution in [2.24, 2.45) is 0 Å². The number of nitrogens with one attached hydrogen (secondary N) is 1. The van der Waals surface area contributed by atoms with Crippen LogP contribution in [-0.4, -0.2) is 23.9 Å². The van der Waals surface area contributed by atoms with Gasteiger partial charge in [0.15, 0.2) is 0 Å². The lowest BCUT2D eigenvalue weighted by Gasteiger charge is -2.30. The van der Waals surface area contributed by atoms with E-state index in [-0.39, 0.29) is 5.91 Å². The number of piperidine rings is 1. The van der Waals surface area contributed by atoms with Crippen LogP contribution in [0.3, 0.4) is 0 Å². The van der Waals surface area contributed by atoms with Crippen LogP contribution in [0.5, 0.6) is 0 Å². The molecule has 3 heteroatoms. The van der Waals surface area contributed by atoms with Gasteiger partial charge in [-0.15, -0.1) is 0 Å². The first-order valence-electron chi connectivity index (χ1n) is 6.13. The van der Waals surface area contributed by atoms with Crippen molar-refractivity contribution < 1.29 is 4.79 Å². The molecule has 0 bridgehead atoms. The maximum atomic E-state index is 12.3. The summed E-state index contributed by atoms with van der Waals surface area (Å²) in [6, 6.07) is 9.20. The smallest absolute Gasteiger partial charge is 0.244 e. The molecule has 17 heavy (non-hydrogen) atoms. The normalized spacial score (nSPS) is 17.8. The van der Waals surface area contributed by atoms with Crippen LogP contribution in [0, 0.1) is 7.05 Å². The molecule has 1 atom stereocenters. The Kier molecular flexibility index (Phi) is 4.15. The molecule has 2 rings (SSSR count). The fourth-order valence-electron chi connectivity index (χ4n) is 2.25. The van der Waals surface area contributed by atoms with E-state index < -0.39 is 6.04 Å². The van der Waals surface area contributed by atoms with Crippen LogP contribution >= 0.6 is 0 Å². The average Bonchev–Trinajstić information content (AvgIpc) is 2.42. The molecule has 1 aliphatic rings. The third-order valence-electron chi connectivity index (χ3n) is 3.21. The van der Waals surface area contributed by atoms with Crippen LogP contribution < -0.4 is 5.32 Å². The minimum Gasteiger partial charge on any atom is -0.341 e. The first kappa shape index (κ1) is 12.1. The topological polar surface area (TPSA) is 32.3 Å². The van der Waals surface area contributed by atoms with E-state index in [1.54, 1.807) is 0 Å². The van der Waals surface area contributed by atoms with Gasteiger partial charge in [-0.05, 0) is 24.8 Å². The van der Waals surface area contributed by atoms with Crippen LogP contribution in [0.2, 0.25) is 0 Å². The summed E-state index contributed by atoms with van der Waals surface area (Å²) in [6.07, 6.45) is 3.41. The van der Waals surface area contributed by atoms with Gasteiger partial charge >= 0.3 is 0 Å². The average molecular weight is 230 g/mol. The van der Waals surface area contributed by atoms with E-state index in [0.717, 1.165) is 31.5 Å². The Hall–Kier alpha value is -1.35. The van der Waals surface area contributed by atoms with Gasteiger partial charge in [-0.3, -0.25) is 10.1 Å². The summed E-state index contributed by atoms with van der Waals surface area (Å²) < 4.78 is 0. The predicted octanol–water partition coefficient (Wildman–Crippen LogP) is 2.00. The number of rotatable bonds is 3. The van der Waals surface area contributed by atoms with Gasteiger partial charge in [-0.25, -0.2) is 0 Å². The second-order valence-corrected chi connectivity index (χ2v) is 4.40. The summed E-state index contributed by atoms with van der Waals surface area (Å²) in [4.78, 5) is 14.2. The van der Waals surface area contributed by atoms with Crippen molar-refractivity contribution in [2.45, 2.75) is 25.3 Å². The maximum Gasteiger partial charge on any atom is 0.244 e. The molecule has 1 aliphatic heterocycles. The number of benzene rings is 1. The maximum absolute atomic E-state index is 12.3. The Labute approximate surface area is 103 Å². The Bertz CT molecular complexity index is 358. The number of nitrogens with zero attached hydrogens (tertiary/aromatic N) is 1. The molecular formula is C14H18N2O. The van der Waals surface area contributed by atoms with Crippen molar-refractivity contribution in [1.82, 2.24) is 10.2 Å². The number of amides is 1. The molecule has 0 aromatic heterocycles. The Morgan fingerprint density at radius 3 is 2.41 bits per heavy atom. The zero-order valence-corrected chi connectivity index (χ0v) is 9.93. The summed E-state index contributed by atoms with van der Waals surface area (Å²) in [5, 5.41) is 2.62. The fourth-order valence-corrected chi connectivity index (χ4v) is 2.25. The van der Waals surface area contributed by atoms with E-state index in [0.29, 0.717) is 0 Å². The van der Waals surface area contributed by atoms with E-state index in [1.165, 1.54) is 6.42 Å². The van der Waals surface area contributed by atoms with Gasteiger partial charge in [0.2, 0.25) is 5.91 Å². The van der Waals surface area contributed by atoms with Crippen molar-refractivity contribution in [3.8, 4) is 0 Å². The molecule has 0 unspecified atom stereocenters. The van der Waals surface area contributed by atoms with E-state index in [4.69, 9.17) is 7.05 Å². The Balaban J connectivity index is 2.10. The fraction of sp³-hybridized carbons (Fsp3) is 0.429. The Morgan fingerprint density at radius 2 is 1.82 bits per heavy atom. The zero-order chi connectivity index (χ0) is 12.1. The second-order valence-electron chi connectivity index (χ2n) is 4.40. The number of carbonyl (C=O) groups is 1. The van der Waals surface area contributed by atoms with Gasteiger partial charge in [0, 0.05) is 20.1 Å². The molecule has 1 saturated heterocycles. The van der Waals surface area contributed by atoms with Crippen LogP contribution in [0.4, 0.5) is 0 Å². The summed E-state index contributed by atoms with van der Waals surface area (Å²) in [7, 11) is 5.51. The molecule has 1 amide bonds. The number of hydrogen-bond acceptors (Lipinski definition) is 2. The summed E-state index contributed by atoms with van der Waals surface area (Å²) in [6.45, 7) is 1.70. The SMILES string of the molecule is [CH]N[C@H](C(=O)N1CCCCC1)c1ccccc1. The van der Waals surface area contributed by atoms with Crippen LogP contribution in [-0.2, 0) is 4.79 Å². The van der Waals surface area contributed by atoms with Gasteiger partial charge < -0.3 is 4.90 Å². The van der Waals surface area contributed by atoms with Crippen molar-refractivity contribution in [1.29, 1.82) is 0 Å². The van der Waals surface area contributed by atoms with E-state index in [2.05, 4.69) is 5.32 Å². The summed E-state index contributed by atoms with van der Waals surface area (Å²) >= 11 is 0. The van der Waals surface area contributed by atoms with Crippen molar-refractivity contribution in [3.05, 3.63) is 42.9 Å². The van der Waals surface area contributed by atoms with E-state index in [9.17, 15) is 4.79 Å². The molecule has 1 N–H and O–H groups in total. The first-order valence-corrected chi connectivity index (χ1v) is 6.13. The quantitative estimate of drug-likeness (QED) is 0.805. The van der Waals surface area contributed by atoms with Gasteiger partial charge in [0.1, 0.15) is 6.04 Å². The highest BCUT2D eigenvalue weighted by Gasteiger charge is 2.25. The molecular weight excluding hydrogens is 212 g/mol. The second kappa shape index (κ2) is 5.82. The van der Waals surface area contributed by atoms with Crippen molar-refractivity contribution >= 4 is 5.91 Å². The molecule has 90 valence electrons. The monoisotopic (exact) mass is 230 g/mol. The molecule has 1 aromatic rings. The minimum atomic E-state index is -0.422. The highest BCUT2D eigenvalue weighted by atomic mass is 16.2. The lowest BCUT2D eigenvalue weighted by atomic mass is 10.0. The van der Waals surface area contributed by atoms with Crippen LogP contribution in [0.1, 0.15) is 30.9 Å². The molecule has 3 nitrogen and oxygen atoms in total. The van der Waals surface area contributed by atoms with Gasteiger partial charge in [0.05, 0.1) is 0 Å². The van der Waals surface area contributed by atoms with Crippen LogP contribution in [0.15, 0.2) is 30.3 Å². The lowest BCUT2D eigenvalue weighted by molar-refractivity contribution is -0.134. The lowest BCUT2D eigenvalue weighted by Crippen LogP contribution is -2.42. The molecule has 1 fully saturated rings. The molecule has 0 saturated carbocycles. The largest absolute Gasteiger partial charge is 0.341 e. The predicted molar refractivity (Wildman–Crippen MR) is 67.0 cm³/mol. The molecule has 1 aromatic carbocycles. The zero-order valence-electron chi connectivity index (χ0n) is 9.93. The number of hydrogen-bond donors (Lipinski definition) is 1.